The summed E-state index contributed by atoms with van der Waals surface area (Å²) in [7, 11) is 0. The third kappa shape index (κ3) is 2.88. The Hall–Kier alpha value is -1.42. The highest BCUT2D eigenvalue weighted by atomic mass is 19.1. The van der Waals surface area contributed by atoms with Crippen LogP contribution in [0.5, 0.6) is 0 Å². The second-order valence-corrected chi connectivity index (χ2v) is 4.93. The van der Waals surface area contributed by atoms with E-state index in [0.29, 0.717) is 11.1 Å². The van der Waals surface area contributed by atoms with Gasteiger partial charge in [0.2, 0.25) is 0 Å². The molecule has 0 spiro atoms. The first-order valence-corrected chi connectivity index (χ1v) is 6.33. The first-order valence-electron chi connectivity index (χ1n) is 6.33. The van der Waals surface area contributed by atoms with E-state index in [1.54, 1.807) is 19.1 Å². The monoisotopic (exact) mass is 251 g/mol. The predicted molar refractivity (Wildman–Crippen MR) is 66.9 cm³/mol. The molecule has 98 valence electrons. The minimum absolute atomic E-state index is 0.261. The number of aryl methyl sites for hydroxylation is 1. The van der Waals surface area contributed by atoms with Crippen molar-refractivity contribution in [3.8, 4) is 0 Å². The molecule has 1 aromatic carbocycles. The molecular weight excluding hydrogens is 233 g/mol. The largest absolute Gasteiger partial charge is 0.480 e. The number of carboxylic acids is 1. The summed E-state index contributed by atoms with van der Waals surface area (Å²) in [6.45, 7) is 1.65. The second-order valence-electron chi connectivity index (χ2n) is 4.93. The van der Waals surface area contributed by atoms with Gasteiger partial charge in [-0.05, 0) is 37.0 Å². The first kappa shape index (κ1) is 13.0. The van der Waals surface area contributed by atoms with Crippen molar-refractivity contribution in [2.45, 2.75) is 44.7 Å². The van der Waals surface area contributed by atoms with E-state index in [4.69, 9.17) is 0 Å². The fourth-order valence-corrected chi connectivity index (χ4v) is 2.49. The van der Waals surface area contributed by atoms with Gasteiger partial charge in [-0.2, -0.15) is 0 Å². The maximum Gasteiger partial charge on any atom is 0.325 e. The Morgan fingerprint density at radius 2 is 2.11 bits per heavy atom. The van der Waals surface area contributed by atoms with E-state index >= 15 is 0 Å². The van der Waals surface area contributed by atoms with Gasteiger partial charge in [-0.3, -0.25) is 10.1 Å². The van der Waals surface area contributed by atoms with Crippen LogP contribution in [-0.4, -0.2) is 17.1 Å². The SMILES string of the molecule is Cc1cc(C(NC2CCCC2)C(=O)O)ccc1F. The van der Waals surface area contributed by atoms with Crippen molar-refractivity contribution < 1.29 is 14.3 Å². The van der Waals surface area contributed by atoms with E-state index in [-0.39, 0.29) is 11.9 Å². The van der Waals surface area contributed by atoms with E-state index in [2.05, 4.69) is 5.32 Å². The van der Waals surface area contributed by atoms with Crippen LogP contribution in [-0.2, 0) is 4.79 Å². The number of hydrogen-bond donors (Lipinski definition) is 2. The Balaban J connectivity index is 2.17. The average Bonchev–Trinajstić information content (AvgIpc) is 2.82. The molecule has 0 aliphatic heterocycles. The lowest BCUT2D eigenvalue weighted by Gasteiger charge is -2.20. The Morgan fingerprint density at radius 1 is 1.44 bits per heavy atom. The van der Waals surface area contributed by atoms with Crippen LogP contribution in [0, 0.1) is 12.7 Å². The molecule has 1 saturated carbocycles. The Kier molecular flexibility index (Phi) is 3.97. The lowest BCUT2D eigenvalue weighted by atomic mass is 10.0. The molecule has 0 amide bonds. The summed E-state index contributed by atoms with van der Waals surface area (Å²) in [5, 5.41) is 12.4. The van der Waals surface area contributed by atoms with Crippen LogP contribution in [0.15, 0.2) is 18.2 Å². The summed E-state index contributed by atoms with van der Waals surface area (Å²) in [5.41, 5.74) is 1.10. The van der Waals surface area contributed by atoms with Crippen LogP contribution in [0.1, 0.15) is 42.9 Å². The third-order valence-electron chi connectivity index (χ3n) is 3.52. The summed E-state index contributed by atoms with van der Waals surface area (Å²) in [6, 6.07) is 4.00. The molecule has 3 nitrogen and oxygen atoms in total. The van der Waals surface area contributed by atoms with Crippen LogP contribution in [0.25, 0.3) is 0 Å². The number of hydrogen-bond acceptors (Lipinski definition) is 2. The van der Waals surface area contributed by atoms with E-state index in [1.165, 1.54) is 6.07 Å². The van der Waals surface area contributed by atoms with Gasteiger partial charge in [0.1, 0.15) is 11.9 Å². The Morgan fingerprint density at radius 3 is 2.67 bits per heavy atom. The first-order chi connectivity index (χ1) is 8.58. The Labute approximate surface area is 106 Å². The summed E-state index contributed by atoms with van der Waals surface area (Å²) in [4.78, 5) is 11.3. The van der Waals surface area contributed by atoms with Crippen molar-refractivity contribution in [1.29, 1.82) is 0 Å². The quantitative estimate of drug-likeness (QED) is 0.865. The average molecular weight is 251 g/mol. The number of carbonyl (C=O) groups is 1. The van der Waals surface area contributed by atoms with Crippen LogP contribution < -0.4 is 5.32 Å². The van der Waals surface area contributed by atoms with Crippen molar-refractivity contribution in [3.05, 3.63) is 35.1 Å². The summed E-state index contributed by atoms with van der Waals surface area (Å²) < 4.78 is 13.2. The molecule has 0 heterocycles. The number of aliphatic carboxylic acids is 1. The van der Waals surface area contributed by atoms with Gasteiger partial charge in [-0.1, -0.05) is 25.0 Å². The molecular formula is C14H18FNO2. The molecule has 18 heavy (non-hydrogen) atoms. The number of halogens is 1. The van der Waals surface area contributed by atoms with Gasteiger partial charge in [0, 0.05) is 6.04 Å². The number of rotatable bonds is 4. The summed E-state index contributed by atoms with van der Waals surface area (Å²) in [5.74, 6) is -1.21. The highest BCUT2D eigenvalue weighted by molar-refractivity contribution is 5.75. The van der Waals surface area contributed by atoms with E-state index < -0.39 is 12.0 Å². The van der Waals surface area contributed by atoms with Gasteiger partial charge in [-0.25, -0.2) is 4.39 Å². The maximum absolute atomic E-state index is 13.2. The van der Waals surface area contributed by atoms with Gasteiger partial charge >= 0.3 is 5.97 Å². The van der Waals surface area contributed by atoms with Crippen molar-refractivity contribution in [2.24, 2.45) is 0 Å². The van der Waals surface area contributed by atoms with Gasteiger partial charge in [0.15, 0.2) is 0 Å². The van der Waals surface area contributed by atoms with Gasteiger partial charge < -0.3 is 5.11 Å². The molecule has 1 aliphatic carbocycles. The summed E-state index contributed by atoms with van der Waals surface area (Å²) >= 11 is 0. The molecule has 1 aromatic rings. The van der Waals surface area contributed by atoms with E-state index in [1.807, 2.05) is 0 Å². The zero-order valence-electron chi connectivity index (χ0n) is 10.4. The zero-order valence-corrected chi connectivity index (χ0v) is 10.4. The number of nitrogens with one attached hydrogen (secondary N) is 1. The maximum atomic E-state index is 13.2. The lowest BCUT2D eigenvalue weighted by Crippen LogP contribution is -2.35. The molecule has 4 heteroatoms. The van der Waals surface area contributed by atoms with Crippen LogP contribution in [0.2, 0.25) is 0 Å². The zero-order chi connectivity index (χ0) is 13.1. The van der Waals surface area contributed by atoms with Gasteiger partial charge in [0.05, 0.1) is 0 Å². The predicted octanol–water partition coefficient (Wildman–Crippen LogP) is 2.79. The highest BCUT2D eigenvalue weighted by Crippen LogP contribution is 2.23. The second kappa shape index (κ2) is 5.48. The van der Waals surface area contributed by atoms with Gasteiger partial charge in [-0.15, -0.1) is 0 Å². The molecule has 1 aliphatic rings. The molecule has 0 bridgehead atoms. The van der Waals surface area contributed by atoms with Crippen LogP contribution >= 0.6 is 0 Å². The smallest absolute Gasteiger partial charge is 0.325 e. The molecule has 2 N–H and O–H groups in total. The summed E-state index contributed by atoms with van der Waals surface area (Å²) in [6.07, 6.45) is 4.33. The van der Waals surface area contributed by atoms with Crippen LogP contribution in [0.4, 0.5) is 4.39 Å². The molecule has 1 fully saturated rings. The third-order valence-corrected chi connectivity index (χ3v) is 3.52. The molecule has 1 unspecified atom stereocenters. The van der Waals surface area contributed by atoms with Gasteiger partial charge in [0.25, 0.3) is 0 Å². The fraction of sp³-hybridized carbons (Fsp3) is 0.500. The van der Waals surface area contributed by atoms with Crippen molar-refractivity contribution in [2.75, 3.05) is 0 Å². The number of benzene rings is 1. The van der Waals surface area contributed by atoms with Crippen LogP contribution in [0.3, 0.4) is 0 Å². The molecule has 1 atom stereocenters. The minimum Gasteiger partial charge on any atom is -0.480 e. The van der Waals surface area contributed by atoms with Crippen molar-refractivity contribution in [1.82, 2.24) is 5.32 Å². The normalized spacial score (nSPS) is 17.9. The molecule has 2 rings (SSSR count). The fourth-order valence-electron chi connectivity index (χ4n) is 2.49. The van der Waals surface area contributed by atoms with E-state index in [9.17, 15) is 14.3 Å². The minimum atomic E-state index is -0.909. The lowest BCUT2D eigenvalue weighted by molar-refractivity contribution is -0.139. The molecule has 0 radical (unpaired) electrons. The molecule has 0 saturated heterocycles. The van der Waals surface area contributed by atoms with Crippen molar-refractivity contribution in [3.63, 3.8) is 0 Å². The topological polar surface area (TPSA) is 49.3 Å². The van der Waals surface area contributed by atoms with Crippen molar-refractivity contribution >= 4 is 5.97 Å². The standard InChI is InChI=1S/C14H18FNO2/c1-9-8-10(6-7-12(9)15)13(14(17)18)16-11-4-2-3-5-11/h6-8,11,13,16H,2-5H2,1H3,(H,17,18). The Bertz CT molecular complexity index is 441. The van der Waals surface area contributed by atoms with E-state index in [0.717, 1.165) is 25.7 Å². The number of carboxylic acid groups (broad SMARTS) is 1. The highest BCUT2D eigenvalue weighted by Gasteiger charge is 2.25. The molecule has 0 aromatic heterocycles.